The Labute approximate surface area is 169 Å². The number of hydrogen-bond acceptors (Lipinski definition) is 5. The Hall–Kier alpha value is -3.61. The molecule has 1 aromatic heterocycles. The fraction of sp³-hybridized carbons (Fsp3) is 0.227. The van der Waals surface area contributed by atoms with Gasteiger partial charge in [-0.1, -0.05) is 38.1 Å². The molecule has 0 radical (unpaired) electrons. The average molecular weight is 392 g/mol. The monoisotopic (exact) mass is 392 g/mol. The van der Waals surface area contributed by atoms with Crippen LogP contribution in [0, 0.1) is 0 Å². The van der Waals surface area contributed by atoms with Crippen molar-refractivity contribution in [3.05, 3.63) is 65.4 Å². The van der Waals surface area contributed by atoms with E-state index in [1.54, 1.807) is 44.7 Å². The molecule has 7 heteroatoms. The van der Waals surface area contributed by atoms with Gasteiger partial charge in [0.05, 0.1) is 26.1 Å². The van der Waals surface area contributed by atoms with Gasteiger partial charge in [0.2, 0.25) is 0 Å². The molecule has 7 nitrogen and oxygen atoms in total. The minimum Gasteiger partial charge on any atom is -0.497 e. The van der Waals surface area contributed by atoms with Crippen LogP contribution in [-0.4, -0.2) is 36.5 Å². The number of carbonyl (C=O) groups is 1. The average Bonchev–Trinajstić information content (AvgIpc) is 3.23. The molecule has 0 atom stereocenters. The summed E-state index contributed by atoms with van der Waals surface area (Å²) >= 11 is 0. The molecule has 0 spiro atoms. The topological polar surface area (TPSA) is 88.6 Å². The zero-order valence-electron chi connectivity index (χ0n) is 16.9. The Morgan fingerprint density at radius 3 is 2.52 bits per heavy atom. The van der Waals surface area contributed by atoms with Crippen molar-refractivity contribution in [2.75, 3.05) is 14.2 Å². The van der Waals surface area contributed by atoms with Crippen molar-refractivity contribution in [2.24, 2.45) is 5.10 Å². The molecule has 0 saturated carbocycles. The van der Waals surface area contributed by atoms with Crippen LogP contribution in [0.15, 0.2) is 53.6 Å². The van der Waals surface area contributed by atoms with Gasteiger partial charge in [0.25, 0.3) is 5.91 Å². The van der Waals surface area contributed by atoms with E-state index in [0.29, 0.717) is 23.1 Å². The lowest BCUT2D eigenvalue weighted by Gasteiger charge is -2.08. The van der Waals surface area contributed by atoms with Crippen molar-refractivity contribution < 1.29 is 14.3 Å². The SMILES string of the molecule is COc1ccc(OC)c(-c2cc(C(=O)NN=Cc3ccc(C(C)C)cc3)[nH]n2)c1. The molecule has 2 N–H and O–H groups in total. The maximum atomic E-state index is 12.3. The highest BCUT2D eigenvalue weighted by Crippen LogP contribution is 2.32. The molecule has 2 aromatic carbocycles. The smallest absolute Gasteiger partial charge is 0.289 e. The minimum absolute atomic E-state index is 0.289. The first-order chi connectivity index (χ1) is 14.0. The summed E-state index contributed by atoms with van der Waals surface area (Å²) in [5.41, 5.74) is 6.24. The summed E-state index contributed by atoms with van der Waals surface area (Å²) in [6.45, 7) is 4.28. The predicted octanol–water partition coefficient (Wildman–Crippen LogP) is 3.98. The van der Waals surface area contributed by atoms with Gasteiger partial charge in [-0.25, -0.2) is 5.43 Å². The maximum Gasteiger partial charge on any atom is 0.289 e. The number of ether oxygens (including phenoxy) is 2. The van der Waals surface area contributed by atoms with E-state index in [1.165, 1.54) is 5.56 Å². The number of hydrazone groups is 1. The summed E-state index contributed by atoms with van der Waals surface area (Å²) in [6.07, 6.45) is 1.60. The van der Waals surface area contributed by atoms with Crippen LogP contribution in [0.5, 0.6) is 11.5 Å². The van der Waals surface area contributed by atoms with Gasteiger partial charge in [-0.2, -0.15) is 10.2 Å². The van der Waals surface area contributed by atoms with Crippen molar-refractivity contribution in [1.29, 1.82) is 0 Å². The van der Waals surface area contributed by atoms with Gasteiger partial charge < -0.3 is 9.47 Å². The number of nitrogens with zero attached hydrogens (tertiary/aromatic N) is 2. The third-order valence-corrected chi connectivity index (χ3v) is 4.49. The zero-order valence-corrected chi connectivity index (χ0v) is 16.9. The van der Waals surface area contributed by atoms with E-state index < -0.39 is 0 Å². The molecule has 0 saturated heterocycles. The minimum atomic E-state index is -0.388. The van der Waals surface area contributed by atoms with E-state index in [4.69, 9.17) is 9.47 Å². The standard InChI is InChI=1S/C22H24N4O3/c1-14(2)16-7-5-15(6-8-16)13-23-26-22(27)20-12-19(24-25-20)18-11-17(28-3)9-10-21(18)29-4/h5-14H,1-4H3,(H,24,25)(H,26,27). The number of H-pyrrole nitrogens is 1. The molecule has 0 bridgehead atoms. The molecule has 0 aliphatic carbocycles. The normalized spacial score (nSPS) is 11.1. The van der Waals surface area contributed by atoms with E-state index in [2.05, 4.69) is 46.7 Å². The number of amides is 1. The Morgan fingerprint density at radius 1 is 1.10 bits per heavy atom. The highest BCUT2D eigenvalue weighted by Gasteiger charge is 2.14. The van der Waals surface area contributed by atoms with Crippen LogP contribution in [0.1, 0.15) is 41.4 Å². The van der Waals surface area contributed by atoms with Crippen LogP contribution in [0.4, 0.5) is 0 Å². The van der Waals surface area contributed by atoms with Crippen LogP contribution >= 0.6 is 0 Å². The van der Waals surface area contributed by atoms with Crippen LogP contribution < -0.4 is 14.9 Å². The van der Waals surface area contributed by atoms with Crippen molar-refractivity contribution in [2.45, 2.75) is 19.8 Å². The second-order valence-electron chi connectivity index (χ2n) is 6.75. The number of rotatable bonds is 7. The first-order valence-electron chi connectivity index (χ1n) is 9.23. The van der Waals surface area contributed by atoms with E-state index in [1.807, 2.05) is 12.1 Å². The number of hydrogen-bond donors (Lipinski definition) is 2. The first kappa shape index (κ1) is 20.1. The summed E-state index contributed by atoms with van der Waals surface area (Å²) in [5, 5.41) is 11.0. The Kier molecular flexibility index (Phi) is 6.29. The van der Waals surface area contributed by atoms with Gasteiger partial charge in [-0.05, 0) is 41.3 Å². The predicted molar refractivity (Wildman–Crippen MR) is 113 cm³/mol. The van der Waals surface area contributed by atoms with Gasteiger partial charge in [-0.3, -0.25) is 9.89 Å². The van der Waals surface area contributed by atoms with E-state index in [9.17, 15) is 4.79 Å². The van der Waals surface area contributed by atoms with Crippen LogP contribution in [0.25, 0.3) is 11.3 Å². The summed E-state index contributed by atoms with van der Waals surface area (Å²) in [6, 6.07) is 15.1. The molecule has 150 valence electrons. The lowest BCUT2D eigenvalue weighted by molar-refractivity contribution is 0.0950. The van der Waals surface area contributed by atoms with E-state index in [-0.39, 0.29) is 11.6 Å². The number of benzene rings is 2. The summed E-state index contributed by atoms with van der Waals surface area (Å²) in [7, 11) is 3.16. The highest BCUT2D eigenvalue weighted by atomic mass is 16.5. The fourth-order valence-electron chi connectivity index (χ4n) is 2.78. The van der Waals surface area contributed by atoms with E-state index in [0.717, 1.165) is 11.1 Å². The molecule has 3 rings (SSSR count). The number of nitrogens with one attached hydrogen (secondary N) is 2. The molecular formula is C22H24N4O3. The lowest BCUT2D eigenvalue weighted by Crippen LogP contribution is -2.18. The van der Waals surface area contributed by atoms with Crippen molar-refractivity contribution >= 4 is 12.1 Å². The molecular weight excluding hydrogens is 368 g/mol. The number of carbonyl (C=O) groups excluding carboxylic acids is 1. The summed E-state index contributed by atoms with van der Waals surface area (Å²) in [4.78, 5) is 12.3. The lowest BCUT2D eigenvalue weighted by atomic mass is 10.0. The molecule has 0 aliphatic rings. The maximum absolute atomic E-state index is 12.3. The fourth-order valence-corrected chi connectivity index (χ4v) is 2.78. The number of aromatic nitrogens is 2. The molecule has 0 fully saturated rings. The van der Waals surface area contributed by atoms with Crippen LogP contribution in [0.3, 0.4) is 0 Å². The Morgan fingerprint density at radius 2 is 1.86 bits per heavy atom. The third kappa shape index (κ3) is 4.82. The molecule has 1 amide bonds. The Bertz CT molecular complexity index is 1010. The first-order valence-corrected chi connectivity index (χ1v) is 9.23. The van der Waals surface area contributed by atoms with Crippen molar-refractivity contribution in [3.8, 4) is 22.8 Å². The Balaban J connectivity index is 1.69. The molecule has 0 unspecified atom stereocenters. The summed E-state index contributed by atoms with van der Waals surface area (Å²) in [5.74, 6) is 1.38. The van der Waals surface area contributed by atoms with Gasteiger partial charge in [0.15, 0.2) is 0 Å². The van der Waals surface area contributed by atoms with Gasteiger partial charge in [0, 0.05) is 5.56 Å². The van der Waals surface area contributed by atoms with Crippen LogP contribution in [0.2, 0.25) is 0 Å². The van der Waals surface area contributed by atoms with Crippen molar-refractivity contribution in [3.63, 3.8) is 0 Å². The quantitative estimate of drug-likeness (QED) is 0.470. The van der Waals surface area contributed by atoms with Gasteiger partial charge >= 0.3 is 0 Å². The van der Waals surface area contributed by atoms with Crippen LogP contribution in [-0.2, 0) is 0 Å². The second kappa shape index (κ2) is 9.05. The second-order valence-corrected chi connectivity index (χ2v) is 6.75. The molecule has 3 aromatic rings. The molecule has 1 heterocycles. The van der Waals surface area contributed by atoms with Gasteiger partial charge in [-0.15, -0.1) is 0 Å². The third-order valence-electron chi connectivity index (χ3n) is 4.49. The highest BCUT2D eigenvalue weighted by molar-refractivity contribution is 5.94. The van der Waals surface area contributed by atoms with Crippen molar-refractivity contribution in [1.82, 2.24) is 15.6 Å². The van der Waals surface area contributed by atoms with Gasteiger partial charge in [0.1, 0.15) is 17.2 Å². The van der Waals surface area contributed by atoms with E-state index >= 15 is 0 Å². The molecule has 29 heavy (non-hydrogen) atoms. The number of aromatic amines is 1. The molecule has 0 aliphatic heterocycles. The zero-order chi connectivity index (χ0) is 20.8. The largest absolute Gasteiger partial charge is 0.497 e. The number of methoxy groups -OCH3 is 2. The summed E-state index contributed by atoms with van der Waals surface area (Å²) < 4.78 is 10.6.